The first-order valence-electron chi connectivity index (χ1n) is 12.0. The highest BCUT2D eigenvalue weighted by atomic mass is 35.5. The molecule has 1 heterocycles. The van der Waals surface area contributed by atoms with Crippen molar-refractivity contribution in [3.63, 3.8) is 0 Å². The number of nitrogens with two attached hydrogens (primary N) is 2. The molecule has 7 N–H and O–H groups in total. The Hall–Kier alpha value is -3.75. The molecule has 1 aliphatic heterocycles. The Morgan fingerprint density at radius 1 is 0.925 bits per heavy atom. The van der Waals surface area contributed by atoms with Crippen LogP contribution in [0.25, 0.3) is 0 Å². The number of halogens is 1. The molecule has 40 heavy (non-hydrogen) atoms. The van der Waals surface area contributed by atoms with Crippen molar-refractivity contribution in [1.29, 1.82) is 0 Å². The molecule has 1 aromatic rings. The maximum absolute atomic E-state index is 13.1. The molecule has 0 fully saturated rings. The van der Waals surface area contributed by atoms with Gasteiger partial charge in [-0.2, -0.15) is 0 Å². The number of nitrogens with one attached hydrogen (secondary N) is 1. The van der Waals surface area contributed by atoms with E-state index in [-0.39, 0.29) is 44.2 Å². The molecular formula is C26H34ClN3O10. The number of carboxylic acid groups (broad SMARTS) is 2. The second kappa shape index (κ2) is 18.5. The van der Waals surface area contributed by atoms with Gasteiger partial charge in [0.15, 0.2) is 0 Å². The lowest BCUT2D eigenvalue weighted by atomic mass is 9.80. The standard InChI is InChI=1S/C22H30ClN3O6.C4H4O4/c1-3-32-22(28)20-17(13-31-11-9-25)26-16(12-30-10-8-24)19(21(27)29-2)18(20)14-6-4-5-7-15(14)23;5-3(6)1-2-4(7)8/h4-7,18,26H,3,8-13,24-25H2,1-2H3;1-2H,(H,5,6)(H,7,8)/b;2-1-. The number of dihydropyridines is 1. The normalized spacial score (nSPS) is 14.8. The van der Waals surface area contributed by atoms with Crippen LogP contribution in [0.3, 0.4) is 0 Å². The summed E-state index contributed by atoms with van der Waals surface area (Å²) in [6.07, 6.45) is 1.12. The van der Waals surface area contributed by atoms with Crippen LogP contribution in [0.1, 0.15) is 18.4 Å². The molecule has 2 rings (SSSR count). The summed E-state index contributed by atoms with van der Waals surface area (Å²) in [6.45, 7) is 3.12. The molecule has 13 nitrogen and oxygen atoms in total. The van der Waals surface area contributed by atoms with Gasteiger partial charge in [-0.25, -0.2) is 19.2 Å². The number of ether oxygens (including phenoxy) is 4. The molecule has 0 aliphatic carbocycles. The summed E-state index contributed by atoms with van der Waals surface area (Å²) in [5.74, 6) is -4.60. The lowest BCUT2D eigenvalue weighted by Gasteiger charge is -2.32. The summed E-state index contributed by atoms with van der Waals surface area (Å²) in [5, 5.41) is 19.1. The number of benzene rings is 1. The van der Waals surface area contributed by atoms with Gasteiger partial charge < -0.3 is 45.9 Å². The summed E-state index contributed by atoms with van der Waals surface area (Å²) in [5.41, 5.74) is 12.9. The minimum absolute atomic E-state index is 0.0408. The van der Waals surface area contributed by atoms with Gasteiger partial charge in [0.05, 0.1) is 68.6 Å². The minimum atomic E-state index is -1.26. The minimum Gasteiger partial charge on any atom is -0.478 e. The lowest BCUT2D eigenvalue weighted by Crippen LogP contribution is -2.37. The van der Waals surface area contributed by atoms with Crippen molar-refractivity contribution >= 4 is 35.5 Å². The highest BCUT2D eigenvalue weighted by molar-refractivity contribution is 6.31. The fraction of sp³-hybridized carbons (Fsp3) is 0.385. The maximum Gasteiger partial charge on any atom is 0.336 e. The lowest BCUT2D eigenvalue weighted by molar-refractivity contribution is -0.139. The second-order valence-electron chi connectivity index (χ2n) is 7.77. The van der Waals surface area contributed by atoms with E-state index in [0.29, 0.717) is 47.2 Å². The van der Waals surface area contributed by atoms with Gasteiger partial charge in [0.2, 0.25) is 0 Å². The molecule has 0 saturated carbocycles. The Labute approximate surface area is 236 Å². The third-order valence-electron chi connectivity index (χ3n) is 5.03. The van der Waals surface area contributed by atoms with E-state index in [1.807, 2.05) is 0 Å². The Morgan fingerprint density at radius 2 is 1.43 bits per heavy atom. The monoisotopic (exact) mass is 583 g/mol. The third kappa shape index (κ3) is 10.8. The zero-order valence-corrected chi connectivity index (χ0v) is 22.9. The molecule has 0 saturated heterocycles. The first kappa shape index (κ1) is 34.3. The number of methoxy groups -OCH3 is 1. The molecular weight excluding hydrogens is 550 g/mol. The van der Waals surface area contributed by atoms with Crippen LogP contribution in [0.4, 0.5) is 0 Å². The van der Waals surface area contributed by atoms with Crippen molar-refractivity contribution in [2.24, 2.45) is 11.5 Å². The second-order valence-corrected chi connectivity index (χ2v) is 8.18. The zero-order chi connectivity index (χ0) is 30.1. The Bertz CT molecular complexity index is 1120. The van der Waals surface area contributed by atoms with Crippen LogP contribution in [0, 0.1) is 0 Å². The summed E-state index contributed by atoms with van der Waals surface area (Å²) in [6, 6.07) is 6.97. The van der Waals surface area contributed by atoms with Gasteiger partial charge in [-0.3, -0.25) is 0 Å². The summed E-state index contributed by atoms with van der Waals surface area (Å²) in [7, 11) is 1.27. The van der Waals surface area contributed by atoms with Gasteiger partial charge in [-0.1, -0.05) is 29.8 Å². The van der Waals surface area contributed by atoms with Gasteiger partial charge in [0.1, 0.15) is 0 Å². The van der Waals surface area contributed by atoms with Gasteiger partial charge in [-0.05, 0) is 18.6 Å². The molecule has 14 heteroatoms. The highest BCUT2D eigenvalue weighted by Crippen LogP contribution is 2.42. The van der Waals surface area contributed by atoms with Crippen LogP contribution in [-0.2, 0) is 38.1 Å². The van der Waals surface area contributed by atoms with Crippen molar-refractivity contribution < 1.29 is 48.3 Å². The molecule has 1 atom stereocenters. The summed E-state index contributed by atoms with van der Waals surface area (Å²) >= 11 is 6.50. The van der Waals surface area contributed by atoms with E-state index in [1.165, 1.54) is 7.11 Å². The predicted octanol–water partition coefficient (Wildman–Crippen LogP) is 0.934. The highest BCUT2D eigenvalue weighted by Gasteiger charge is 2.40. The number of aliphatic carboxylic acids is 2. The number of carbonyl (C=O) groups excluding carboxylic acids is 2. The van der Waals surface area contributed by atoms with E-state index >= 15 is 0 Å². The summed E-state index contributed by atoms with van der Waals surface area (Å²) in [4.78, 5) is 45.1. The first-order valence-corrected chi connectivity index (χ1v) is 12.4. The summed E-state index contributed by atoms with van der Waals surface area (Å²) < 4.78 is 21.6. The third-order valence-corrected chi connectivity index (χ3v) is 5.38. The Balaban J connectivity index is 0.000000869. The largest absolute Gasteiger partial charge is 0.478 e. The van der Waals surface area contributed by atoms with Crippen LogP contribution in [0.5, 0.6) is 0 Å². The topological polar surface area (TPSA) is 210 Å². The molecule has 0 bridgehead atoms. The van der Waals surface area contributed by atoms with Crippen molar-refractivity contribution in [3.05, 3.63) is 69.5 Å². The van der Waals surface area contributed by atoms with Gasteiger partial charge in [-0.15, -0.1) is 0 Å². The number of carboxylic acids is 2. The maximum atomic E-state index is 13.1. The molecule has 0 radical (unpaired) electrons. The molecule has 1 unspecified atom stereocenters. The van der Waals surface area contributed by atoms with Gasteiger partial charge in [0.25, 0.3) is 0 Å². The quantitative estimate of drug-likeness (QED) is 0.117. The smallest absolute Gasteiger partial charge is 0.336 e. The number of rotatable bonds is 14. The molecule has 0 spiro atoms. The van der Waals surface area contributed by atoms with E-state index in [0.717, 1.165) is 0 Å². The number of hydrogen-bond acceptors (Lipinski definition) is 11. The number of carbonyl (C=O) groups is 4. The average Bonchev–Trinajstić information content (AvgIpc) is 2.92. The Morgan fingerprint density at radius 3 is 1.85 bits per heavy atom. The molecule has 0 aromatic heterocycles. The van der Waals surface area contributed by atoms with E-state index in [9.17, 15) is 19.2 Å². The Kier molecular flexibility index (Phi) is 15.9. The van der Waals surface area contributed by atoms with E-state index in [2.05, 4.69) is 5.32 Å². The number of hydrogen-bond donors (Lipinski definition) is 5. The van der Waals surface area contributed by atoms with Crippen molar-refractivity contribution in [1.82, 2.24) is 5.32 Å². The van der Waals surface area contributed by atoms with Crippen molar-refractivity contribution in [2.45, 2.75) is 12.8 Å². The fourth-order valence-corrected chi connectivity index (χ4v) is 3.76. The molecule has 0 amide bonds. The van der Waals surface area contributed by atoms with E-state index < -0.39 is 29.8 Å². The first-order chi connectivity index (χ1) is 19.1. The SMILES string of the molecule is CCOC(=O)C1=C(COCCN)NC(COCCN)=C(C(=O)OC)C1c1ccccc1Cl.O=C(O)/C=C\C(=O)O. The van der Waals surface area contributed by atoms with Gasteiger partial charge in [0, 0.05) is 30.3 Å². The van der Waals surface area contributed by atoms with E-state index in [1.54, 1.807) is 31.2 Å². The van der Waals surface area contributed by atoms with Gasteiger partial charge >= 0.3 is 23.9 Å². The average molecular weight is 584 g/mol. The van der Waals surface area contributed by atoms with Crippen LogP contribution in [0.2, 0.25) is 5.02 Å². The number of esters is 2. The van der Waals surface area contributed by atoms with Crippen LogP contribution < -0.4 is 16.8 Å². The molecule has 1 aromatic carbocycles. The van der Waals surface area contributed by atoms with Crippen LogP contribution in [0.15, 0.2) is 59.0 Å². The van der Waals surface area contributed by atoms with E-state index in [4.69, 9.17) is 52.2 Å². The zero-order valence-electron chi connectivity index (χ0n) is 22.2. The van der Waals surface area contributed by atoms with Crippen LogP contribution in [-0.4, -0.2) is 87.3 Å². The molecule has 220 valence electrons. The van der Waals surface area contributed by atoms with Crippen molar-refractivity contribution in [2.75, 3.05) is 53.2 Å². The van der Waals surface area contributed by atoms with Crippen molar-refractivity contribution in [3.8, 4) is 0 Å². The molecule has 1 aliphatic rings. The van der Waals surface area contributed by atoms with Crippen LogP contribution >= 0.6 is 11.6 Å². The fourth-order valence-electron chi connectivity index (χ4n) is 3.52. The predicted molar refractivity (Wildman–Crippen MR) is 144 cm³/mol.